The molecule has 0 aromatic rings. The third-order valence-corrected chi connectivity index (χ3v) is 3.70. The Morgan fingerprint density at radius 2 is 1.65 bits per heavy atom. The van der Waals surface area contributed by atoms with Crippen molar-refractivity contribution in [3.63, 3.8) is 0 Å². The molecule has 1 saturated carbocycles. The fourth-order valence-electron chi connectivity index (χ4n) is 3.08. The summed E-state index contributed by atoms with van der Waals surface area (Å²) in [5.41, 5.74) is 0.209. The van der Waals surface area contributed by atoms with Gasteiger partial charge in [0.2, 0.25) is 0 Å². The fourth-order valence-corrected chi connectivity index (χ4v) is 3.08. The van der Waals surface area contributed by atoms with Gasteiger partial charge in [-0.2, -0.15) is 0 Å². The van der Waals surface area contributed by atoms with Crippen LogP contribution < -0.4 is 0 Å². The second-order valence-electron chi connectivity index (χ2n) is 7.24. The Hall–Kier alpha value is -0.0400. The summed E-state index contributed by atoms with van der Waals surface area (Å²) in [6.07, 6.45) is 10.6. The molecule has 1 fully saturated rings. The van der Waals surface area contributed by atoms with Crippen LogP contribution in [0.5, 0.6) is 0 Å². The van der Waals surface area contributed by atoms with Crippen molar-refractivity contribution < 1.29 is 4.74 Å². The molecular formula is C16H32O. The lowest BCUT2D eigenvalue weighted by molar-refractivity contribution is -0.153. The highest BCUT2D eigenvalue weighted by Crippen LogP contribution is 2.39. The second kappa shape index (κ2) is 6.22. The quantitative estimate of drug-likeness (QED) is 0.631. The first-order valence-electron chi connectivity index (χ1n) is 7.53. The molecule has 0 heterocycles. The number of hydrogen-bond donors (Lipinski definition) is 0. The molecular weight excluding hydrogens is 208 g/mol. The molecule has 0 bridgehead atoms. The van der Waals surface area contributed by atoms with Crippen LogP contribution in [0.15, 0.2) is 0 Å². The molecule has 1 aliphatic carbocycles. The zero-order valence-electron chi connectivity index (χ0n) is 12.6. The van der Waals surface area contributed by atoms with Gasteiger partial charge in [0.1, 0.15) is 0 Å². The summed E-state index contributed by atoms with van der Waals surface area (Å²) in [5, 5.41) is 0. The summed E-state index contributed by atoms with van der Waals surface area (Å²) in [6, 6.07) is 0. The van der Waals surface area contributed by atoms with E-state index in [9.17, 15) is 0 Å². The summed E-state index contributed by atoms with van der Waals surface area (Å²) in [6.45, 7) is 11.2. The van der Waals surface area contributed by atoms with Gasteiger partial charge in [0.05, 0.1) is 11.2 Å². The maximum Gasteiger partial charge on any atom is 0.0689 e. The Kier molecular flexibility index (Phi) is 5.50. The molecule has 1 aliphatic rings. The smallest absolute Gasteiger partial charge is 0.0689 e. The predicted octanol–water partition coefficient (Wildman–Crippen LogP) is 5.33. The monoisotopic (exact) mass is 240 g/mol. The maximum atomic E-state index is 6.45. The molecule has 1 rings (SSSR count). The Bertz CT molecular complexity index is 206. The lowest BCUT2D eigenvalue weighted by Gasteiger charge is -2.42. The Morgan fingerprint density at radius 3 is 2.12 bits per heavy atom. The zero-order valence-corrected chi connectivity index (χ0v) is 12.6. The third kappa shape index (κ3) is 5.90. The molecule has 0 aliphatic heterocycles. The molecule has 0 spiro atoms. The van der Waals surface area contributed by atoms with E-state index < -0.39 is 0 Å². The largest absolute Gasteiger partial charge is 0.369 e. The van der Waals surface area contributed by atoms with Gasteiger partial charge >= 0.3 is 0 Å². The first-order chi connectivity index (χ1) is 7.83. The van der Waals surface area contributed by atoms with Gasteiger partial charge < -0.3 is 4.74 Å². The minimum atomic E-state index is 0.00910. The zero-order chi connectivity index (χ0) is 12.9. The van der Waals surface area contributed by atoms with Crippen molar-refractivity contribution in [3.05, 3.63) is 0 Å². The summed E-state index contributed by atoms with van der Waals surface area (Å²) < 4.78 is 6.45. The molecule has 0 aromatic carbocycles. The molecule has 0 atom stereocenters. The van der Waals surface area contributed by atoms with Crippen molar-refractivity contribution in [2.45, 2.75) is 97.2 Å². The minimum Gasteiger partial charge on any atom is -0.369 e. The van der Waals surface area contributed by atoms with E-state index in [1.54, 1.807) is 0 Å². The van der Waals surface area contributed by atoms with Gasteiger partial charge in [-0.15, -0.1) is 0 Å². The molecule has 1 heteroatoms. The van der Waals surface area contributed by atoms with E-state index in [-0.39, 0.29) is 11.2 Å². The van der Waals surface area contributed by atoms with E-state index in [4.69, 9.17) is 4.74 Å². The molecule has 102 valence electrons. The lowest BCUT2D eigenvalue weighted by atomic mass is 9.80. The standard InChI is InChI=1S/C16H32O/c1-14(2)10-9-13-16(17-15(3,4)5)11-7-6-8-12-16/h14H,6-13H2,1-5H3. The molecule has 0 amide bonds. The van der Waals surface area contributed by atoms with E-state index in [1.807, 2.05) is 0 Å². The highest BCUT2D eigenvalue weighted by Gasteiger charge is 2.36. The van der Waals surface area contributed by atoms with Crippen LogP contribution in [0.25, 0.3) is 0 Å². The van der Waals surface area contributed by atoms with Gasteiger partial charge in [0.15, 0.2) is 0 Å². The normalized spacial score (nSPS) is 20.8. The summed E-state index contributed by atoms with van der Waals surface area (Å²) in [4.78, 5) is 0. The fraction of sp³-hybridized carbons (Fsp3) is 1.00. The van der Waals surface area contributed by atoms with E-state index in [0.29, 0.717) is 0 Å². The van der Waals surface area contributed by atoms with Crippen LogP contribution in [0.3, 0.4) is 0 Å². The van der Waals surface area contributed by atoms with Gasteiger partial charge in [-0.25, -0.2) is 0 Å². The van der Waals surface area contributed by atoms with Crippen molar-refractivity contribution in [3.8, 4) is 0 Å². The molecule has 0 N–H and O–H groups in total. The van der Waals surface area contributed by atoms with E-state index in [0.717, 1.165) is 5.92 Å². The second-order valence-corrected chi connectivity index (χ2v) is 7.24. The van der Waals surface area contributed by atoms with Crippen LogP contribution in [0.2, 0.25) is 0 Å². The Labute approximate surface area is 108 Å². The number of ether oxygens (including phenoxy) is 1. The molecule has 1 nitrogen and oxygen atoms in total. The van der Waals surface area contributed by atoms with E-state index in [1.165, 1.54) is 51.4 Å². The van der Waals surface area contributed by atoms with Crippen molar-refractivity contribution in [2.75, 3.05) is 0 Å². The van der Waals surface area contributed by atoms with Gasteiger partial charge in [0.25, 0.3) is 0 Å². The average Bonchev–Trinajstić information content (AvgIpc) is 2.15. The van der Waals surface area contributed by atoms with Crippen LogP contribution in [0.1, 0.15) is 86.0 Å². The summed E-state index contributed by atoms with van der Waals surface area (Å²) >= 11 is 0. The highest BCUT2D eigenvalue weighted by atomic mass is 16.5. The molecule has 17 heavy (non-hydrogen) atoms. The molecule has 0 unspecified atom stereocenters. The van der Waals surface area contributed by atoms with Crippen molar-refractivity contribution in [1.29, 1.82) is 0 Å². The molecule has 0 radical (unpaired) electrons. The third-order valence-electron chi connectivity index (χ3n) is 3.70. The van der Waals surface area contributed by atoms with Crippen LogP contribution >= 0.6 is 0 Å². The molecule has 0 saturated heterocycles. The summed E-state index contributed by atoms with van der Waals surface area (Å²) in [5.74, 6) is 0.824. The van der Waals surface area contributed by atoms with Crippen LogP contribution in [-0.2, 0) is 4.74 Å². The first-order valence-corrected chi connectivity index (χ1v) is 7.53. The Morgan fingerprint density at radius 1 is 1.06 bits per heavy atom. The highest BCUT2D eigenvalue weighted by molar-refractivity contribution is 4.87. The summed E-state index contributed by atoms with van der Waals surface area (Å²) in [7, 11) is 0. The van der Waals surface area contributed by atoms with Crippen molar-refractivity contribution in [1.82, 2.24) is 0 Å². The Balaban J connectivity index is 2.52. The topological polar surface area (TPSA) is 9.23 Å². The van der Waals surface area contributed by atoms with E-state index in [2.05, 4.69) is 34.6 Å². The number of rotatable bonds is 5. The average molecular weight is 240 g/mol. The lowest BCUT2D eigenvalue weighted by Crippen LogP contribution is -2.41. The van der Waals surface area contributed by atoms with Crippen LogP contribution in [0, 0.1) is 5.92 Å². The van der Waals surface area contributed by atoms with Crippen molar-refractivity contribution in [2.24, 2.45) is 5.92 Å². The predicted molar refractivity (Wildman–Crippen MR) is 75.3 cm³/mol. The van der Waals surface area contributed by atoms with Gasteiger partial charge in [-0.1, -0.05) is 46.0 Å². The number of hydrogen-bond acceptors (Lipinski definition) is 1. The van der Waals surface area contributed by atoms with Crippen molar-refractivity contribution >= 4 is 0 Å². The first kappa shape index (κ1) is 15.0. The van der Waals surface area contributed by atoms with E-state index >= 15 is 0 Å². The SMILES string of the molecule is CC(C)CCCC1(OC(C)(C)C)CCCCC1. The van der Waals surface area contributed by atoms with Gasteiger partial charge in [-0.3, -0.25) is 0 Å². The van der Waals surface area contributed by atoms with Gasteiger partial charge in [-0.05, 0) is 46.0 Å². The molecule has 0 aromatic heterocycles. The maximum absolute atomic E-state index is 6.45. The minimum absolute atomic E-state index is 0.00910. The van der Waals surface area contributed by atoms with Crippen LogP contribution in [0.4, 0.5) is 0 Å². The van der Waals surface area contributed by atoms with Gasteiger partial charge in [0, 0.05) is 0 Å². The van der Waals surface area contributed by atoms with Crippen LogP contribution in [-0.4, -0.2) is 11.2 Å².